The molecule has 0 saturated carbocycles. The zero-order valence-corrected chi connectivity index (χ0v) is 15.2. The van der Waals surface area contributed by atoms with Crippen molar-refractivity contribution in [2.24, 2.45) is 5.14 Å². The van der Waals surface area contributed by atoms with Crippen LogP contribution >= 0.6 is 23.2 Å². The Morgan fingerprint density at radius 3 is 2.60 bits per heavy atom. The highest BCUT2D eigenvalue weighted by Gasteiger charge is 2.26. The topological polar surface area (TPSA) is 89.7 Å². The summed E-state index contributed by atoms with van der Waals surface area (Å²) in [7, 11) is -3.77. The average Bonchev–Trinajstić information content (AvgIpc) is 2.98. The standard InChI is InChI=1S/C16H14Cl2N2O4S/c17-13-3-1-11(8-14(13)18)24-9-16(21)20-6-5-10-7-12(25(19,22)23)2-4-15(10)20/h1-4,7-8H,5-6,9H2,(H2,19,22,23). The number of hydrogen-bond donors (Lipinski definition) is 1. The molecule has 0 aromatic heterocycles. The molecular formula is C16H14Cl2N2O4S. The van der Waals surface area contributed by atoms with Crippen LogP contribution in [0.4, 0.5) is 5.69 Å². The number of ether oxygens (including phenoxy) is 1. The van der Waals surface area contributed by atoms with Crippen LogP contribution in [0.1, 0.15) is 5.56 Å². The summed E-state index contributed by atoms with van der Waals surface area (Å²) in [6.45, 7) is 0.279. The molecule has 1 aliphatic heterocycles. The van der Waals surface area contributed by atoms with Crippen molar-refractivity contribution in [1.29, 1.82) is 0 Å². The predicted molar refractivity (Wildman–Crippen MR) is 95.8 cm³/mol. The Balaban J connectivity index is 1.72. The summed E-state index contributed by atoms with van der Waals surface area (Å²) in [4.78, 5) is 14.0. The van der Waals surface area contributed by atoms with Crippen molar-refractivity contribution in [3.8, 4) is 5.75 Å². The normalized spacial score (nSPS) is 13.6. The number of sulfonamides is 1. The number of nitrogens with zero attached hydrogens (tertiary/aromatic N) is 1. The number of nitrogens with two attached hydrogens (primary N) is 1. The second-order valence-corrected chi connectivity index (χ2v) is 7.87. The molecule has 0 radical (unpaired) electrons. The van der Waals surface area contributed by atoms with Crippen LogP contribution in [0.3, 0.4) is 0 Å². The van der Waals surface area contributed by atoms with E-state index in [0.29, 0.717) is 34.4 Å². The Hall–Kier alpha value is -1.80. The van der Waals surface area contributed by atoms with E-state index in [0.717, 1.165) is 5.56 Å². The second kappa shape index (κ2) is 6.84. The van der Waals surface area contributed by atoms with E-state index in [4.69, 9.17) is 33.1 Å². The van der Waals surface area contributed by atoms with Gasteiger partial charge in [0.1, 0.15) is 5.75 Å². The fourth-order valence-corrected chi connectivity index (χ4v) is 3.46. The highest BCUT2D eigenvalue weighted by molar-refractivity contribution is 7.89. The lowest BCUT2D eigenvalue weighted by Gasteiger charge is -2.18. The Morgan fingerprint density at radius 1 is 1.16 bits per heavy atom. The lowest BCUT2D eigenvalue weighted by atomic mass is 10.2. The van der Waals surface area contributed by atoms with Gasteiger partial charge in [0.05, 0.1) is 14.9 Å². The van der Waals surface area contributed by atoms with E-state index < -0.39 is 10.0 Å². The van der Waals surface area contributed by atoms with E-state index in [1.807, 2.05) is 0 Å². The van der Waals surface area contributed by atoms with Crippen LogP contribution in [0.2, 0.25) is 10.0 Å². The molecule has 132 valence electrons. The van der Waals surface area contributed by atoms with Gasteiger partial charge in [0.15, 0.2) is 6.61 Å². The maximum atomic E-state index is 12.4. The number of amides is 1. The maximum Gasteiger partial charge on any atom is 0.264 e. The molecule has 0 spiro atoms. The number of primary sulfonamides is 1. The number of halogens is 2. The van der Waals surface area contributed by atoms with Gasteiger partial charge in [0.25, 0.3) is 5.91 Å². The van der Waals surface area contributed by atoms with Crippen LogP contribution in [0.5, 0.6) is 5.75 Å². The third kappa shape index (κ3) is 3.90. The molecule has 0 saturated heterocycles. The summed E-state index contributed by atoms with van der Waals surface area (Å²) >= 11 is 11.7. The molecular weight excluding hydrogens is 387 g/mol. The molecule has 1 aliphatic rings. The van der Waals surface area contributed by atoms with Crippen LogP contribution < -0.4 is 14.8 Å². The summed E-state index contributed by atoms with van der Waals surface area (Å²) < 4.78 is 28.3. The highest BCUT2D eigenvalue weighted by Crippen LogP contribution is 2.30. The van der Waals surface area contributed by atoms with Gasteiger partial charge < -0.3 is 9.64 Å². The van der Waals surface area contributed by atoms with Gasteiger partial charge in [-0.2, -0.15) is 0 Å². The minimum absolute atomic E-state index is 0.0348. The fourth-order valence-electron chi connectivity index (χ4n) is 2.60. The lowest BCUT2D eigenvalue weighted by Crippen LogP contribution is -2.33. The third-order valence-corrected chi connectivity index (χ3v) is 5.48. The number of carbonyl (C=O) groups is 1. The van der Waals surface area contributed by atoms with Gasteiger partial charge in [0.2, 0.25) is 10.0 Å². The summed E-state index contributed by atoms with van der Waals surface area (Å²) in [5.74, 6) is 0.194. The van der Waals surface area contributed by atoms with Gasteiger partial charge in [-0.1, -0.05) is 23.2 Å². The Morgan fingerprint density at radius 2 is 1.92 bits per heavy atom. The molecule has 2 aromatic rings. The SMILES string of the molecule is NS(=O)(=O)c1ccc2c(c1)CCN2C(=O)COc1ccc(Cl)c(Cl)c1. The summed E-state index contributed by atoms with van der Waals surface area (Å²) in [6, 6.07) is 9.21. The van der Waals surface area contributed by atoms with Crippen LogP contribution in [0.25, 0.3) is 0 Å². The largest absolute Gasteiger partial charge is 0.484 e. The Kier molecular flexibility index (Phi) is 4.92. The summed E-state index contributed by atoms with van der Waals surface area (Å²) in [6.07, 6.45) is 0.553. The Bertz CT molecular complexity index is 947. The van der Waals surface area contributed by atoms with Crippen LogP contribution in [0.15, 0.2) is 41.3 Å². The molecule has 1 heterocycles. The molecule has 2 N–H and O–H groups in total. The highest BCUT2D eigenvalue weighted by atomic mass is 35.5. The van der Waals surface area contributed by atoms with E-state index in [-0.39, 0.29) is 17.4 Å². The van der Waals surface area contributed by atoms with Crippen molar-refractivity contribution in [1.82, 2.24) is 0 Å². The van der Waals surface area contributed by atoms with Gasteiger partial charge in [-0.25, -0.2) is 13.6 Å². The number of carbonyl (C=O) groups excluding carboxylic acids is 1. The number of anilines is 1. The van der Waals surface area contributed by atoms with Crippen molar-refractivity contribution in [2.75, 3.05) is 18.1 Å². The monoisotopic (exact) mass is 400 g/mol. The zero-order valence-electron chi connectivity index (χ0n) is 12.9. The van der Waals surface area contributed by atoms with Crippen LogP contribution in [0, 0.1) is 0 Å². The van der Waals surface area contributed by atoms with E-state index in [9.17, 15) is 13.2 Å². The van der Waals surface area contributed by atoms with Gasteiger partial charge in [-0.15, -0.1) is 0 Å². The number of hydrogen-bond acceptors (Lipinski definition) is 4. The van der Waals surface area contributed by atoms with Gasteiger partial charge in [0, 0.05) is 18.3 Å². The van der Waals surface area contributed by atoms with E-state index in [1.54, 1.807) is 23.1 Å². The van der Waals surface area contributed by atoms with Gasteiger partial charge in [-0.05, 0) is 42.3 Å². The molecule has 0 fully saturated rings. The van der Waals surface area contributed by atoms with Crippen molar-refractivity contribution in [2.45, 2.75) is 11.3 Å². The molecule has 0 bridgehead atoms. The summed E-state index contributed by atoms with van der Waals surface area (Å²) in [5, 5.41) is 5.88. The number of rotatable bonds is 4. The molecule has 0 aliphatic carbocycles. The molecule has 2 aromatic carbocycles. The van der Waals surface area contributed by atoms with E-state index >= 15 is 0 Å². The van der Waals surface area contributed by atoms with E-state index in [2.05, 4.69) is 0 Å². The van der Waals surface area contributed by atoms with Crippen LogP contribution in [-0.2, 0) is 21.2 Å². The second-order valence-electron chi connectivity index (χ2n) is 5.50. The first-order valence-electron chi connectivity index (χ1n) is 7.29. The lowest BCUT2D eigenvalue weighted by molar-refractivity contribution is -0.120. The van der Waals surface area contributed by atoms with Crippen molar-refractivity contribution >= 4 is 44.8 Å². The molecule has 1 amide bonds. The van der Waals surface area contributed by atoms with E-state index in [1.165, 1.54) is 18.2 Å². The molecule has 9 heteroatoms. The minimum Gasteiger partial charge on any atom is -0.484 e. The maximum absolute atomic E-state index is 12.4. The molecule has 0 unspecified atom stereocenters. The van der Waals surface area contributed by atoms with Gasteiger partial charge in [-0.3, -0.25) is 4.79 Å². The first kappa shape index (κ1) is 18.0. The van der Waals surface area contributed by atoms with Crippen molar-refractivity contribution in [3.63, 3.8) is 0 Å². The molecule has 25 heavy (non-hydrogen) atoms. The zero-order chi connectivity index (χ0) is 18.2. The molecule has 3 rings (SSSR count). The molecule has 0 atom stereocenters. The fraction of sp³-hybridized carbons (Fsp3) is 0.188. The average molecular weight is 401 g/mol. The predicted octanol–water partition coefficient (Wildman–Crippen LogP) is 2.61. The van der Waals surface area contributed by atoms with Crippen molar-refractivity contribution < 1.29 is 17.9 Å². The van der Waals surface area contributed by atoms with Crippen molar-refractivity contribution in [3.05, 3.63) is 52.0 Å². The smallest absolute Gasteiger partial charge is 0.264 e. The Labute approximate surface area is 155 Å². The number of fused-ring (bicyclic) bond motifs is 1. The first-order chi connectivity index (χ1) is 11.8. The molecule has 6 nitrogen and oxygen atoms in total. The minimum atomic E-state index is -3.77. The van der Waals surface area contributed by atoms with Gasteiger partial charge >= 0.3 is 0 Å². The first-order valence-corrected chi connectivity index (χ1v) is 9.60. The van der Waals surface area contributed by atoms with Crippen LogP contribution in [-0.4, -0.2) is 27.5 Å². The number of benzene rings is 2. The summed E-state index contributed by atoms with van der Waals surface area (Å²) in [5.41, 5.74) is 1.42. The third-order valence-electron chi connectivity index (χ3n) is 3.83. The quantitative estimate of drug-likeness (QED) is 0.853.